The molecule has 1 aromatic rings. The average Bonchev–Trinajstić information content (AvgIpc) is 2.87. The van der Waals surface area contributed by atoms with E-state index in [1.807, 2.05) is 0 Å². The third kappa shape index (κ3) is 1.87. The first-order chi connectivity index (χ1) is 6.68. The summed E-state index contributed by atoms with van der Waals surface area (Å²) in [4.78, 5) is 14.7. The van der Waals surface area contributed by atoms with Gasteiger partial charge in [0.25, 0.3) is 0 Å². The van der Waals surface area contributed by atoms with Gasteiger partial charge in [0.05, 0.1) is 6.10 Å². The summed E-state index contributed by atoms with van der Waals surface area (Å²) in [6.07, 6.45) is 3.70. The van der Waals surface area contributed by atoms with Gasteiger partial charge >= 0.3 is 5.97 Å². The number of pyridine rings is 1. The van der Waals surface area contributed by atoms with Gasteiger partial charge in [0, 0.05) is 6.20 Å². The maximum absolute atomic E-state index is 10.9. The molecule has 0 bridgehead atoms. The molecule has 1 saturated carbocycles. The number of halogens is 1. The molecule has 1 fully saturated rings. The Labute approximate surface area is 89.0 Å². The zero-order valence-electron chi connectivity index (χ0n) is 7.24. The average molecular weight is 258 g/mol. The fourth-order valence-corrected chi connectivity index (χ4v) is 1.56. The van der Waals surface area contributed by atoms with E-state index in [9.17, 15) is 4.79 Å². The molecule has 0 unspecified atom stereocenters. The van der Waals surface area contributed by atoms with Crippen molar-refractivity contribution in [2.75, 3.05) is 0 Å². The number of rotatable bonds is 3. The molecule has 14 heavy (non-hydrogen) atoms. The van der Waals surface area contributed by atoms with Crippen molar-refractivity contribution < 1.29 is 14.6 Å². The van der Waals surface area contributed by atoms with Crippen LogP contribution in [0.2, 0.25) is 0 Å². The molecule has 0 amide bonds. The van der Waals surface area contributed by atoms with Gasteiger partial charge in [-0.25, -0.2) is 9.78 Å². The number of carboxylic acid groups (broad SMARTS) is 1. The Morgan fingerprint density at radius 2 is 2.36 bits per heavy atom. The van der Waals surface area contributed by atoms with Crippen molar-refractivity contribution in [3.05, 3.63) is 22.4 Å². The monoisotopic (exact) mass is 257 g/mol. The molecule has 0 atom stereocenters. The van der Waals surface area contributed by atoms with E-state index in [1.165, 1.54) is 6.20 Å². The van der Waals surface area contributed by atoms with Crippen molar-refractivity contribution >= 4 is 21.9 Å². The number of ether oxygens (including phenoxy) is 1. The van der Waals surface area contributed by atoms with Crippen molar-refractivity contribution in [3.8, 4) is 5.75 Å². The highest BCUT2D eigenvalue weighted by Crippen LogP contribution is 2.31. The van der Waals surface area contributed by atoms with E-state index in [-0.39, 0.29) is 11.7 Å². The molecular weight excluding hydrogens is 250 g/mol. The molecule has 0 saturated heterocycles. The first-order valence-electron chi connectivity index (χ1n) is 4.23. The molecule has 74 valence electrons. The number of hydrogen-bond acceptors (Lipinski definition) is 3. The summed E-state index contributed by atoms with van der Waals surface area (Å²) < 4.78 is 5.76. The molecule has 2 rings (SSSR count). The first kappa shape index (κ1) is 9.45. The Kier molecular flexibility index (Phi) is 2.41. The second kappa shape index (κ2) is 3.57. The number of carbonyl (C=O) groups is 1. The predicted octanol–water partition coefficient (Wildman–Crippen LogP) is 2.08. The Hall–Kier alpha value is -1.10. The van der Waals surface area contributed by atoms with Crippen LogP contribution in [0.3, 0.4) is 0 Å². The lowest BCUT2D eigenvalue weighted by molar-refractivity contribution is 0.0690. The van der Waals surface area contributed by atoms with Crippen LogP contribution in [0.4, 0.5) is 0 Å². The van der Waals surface area contributed by atoms with Gasteiger partial charge in [-0.1, -0.05) is 0 Å². The summed E-state index contributed by atoms with van der Waals surface area (Å²) in [5.41, 5.74) is 0.0967. The highest BCUT2D eigenvalue weighted by atomic mass is 79.9. The van der Waals surface area contributed by atoms with Crippen LogP contribution >= 0.6 is 15.9 Å². The minimum atomic E-state index is -1.03. The minimum Gasteiger partial charge on any atom is -0.489 e. The SMILES string of the molecule is O=C(O)c1c(OC2CC2)ccnc1Br. The van der Waals surface area contributed by atoms with Gasteiger partial charge in [0.1, 0.15) is 15.9 Å². The standard InChI is InChI=1S/C9H8BrNO3/c10-8-7(9(12)13)6(3-4-11-8)14-5-1-2-5/h3-5H,1-2H2,(H,12,13). The summed E-state index contributed by atoms with van der Waals surface area (Å²) in [6, 6.07) is 1.58. The quantitative estimate of drug-likeness (QED) is 0.843. The molecule has 4 nitrogen and oxygen atoms in total. The highest BCUT2D eigenvalue weighted by Gasteiger charge is 2.26. The van der Waals surface area contributed by atoms with Crippen molar-refractivity contribution in [1.82, 2.24) is 4.98 Å². The summed E-state index contributed by atoms with van der Waals surface area (Å²) in [5, 5.41) is 8.93. The smallest absolute Gasteiger partial charge is 0.342 e. The number of carboxylic acids is 1. The molecule has 1 aromatic heterocycles. The second-order valence-corrected chi connectivity index (χ2v) is 3.85. The molecule has 0 aliphatic heterocycles. The predicted molar refractivity (Wildman–Crippen MR) is 52.5 cm³/mol. The summed E-state index contributed by atoms with van der Waals surface area (Å²) >= 11 is 3.09. The zero-order chi connectivity index (χ0) is 10.1. The third-order valence-electron chi connectivity index (χ3n) is 1.90. The van der Waals surface area contributed by atoms with Gasteiger partial charge in [0.2, 0.25) is 0 Å². The van der Waals surface area contributed by atoms with Gasteiger partial charge in [-0.3, -0.25) is 0 Å². The van der Waals surface area contributed by atoms with Gasteiger partial charge in [-0.2, -0.15) is 0 Å². The molecule has 0 radical (unpaired) electrons. The van der Waals surface area contributed by atoms with Crippen LogP contribution in [0.15, 0.2) is 16.9 Å². The zero-order valence-corrected chi connectivity index (χ0v) is 8.82. The Morgan fingerprint density at radius 1 is 1.64 bits per heavy atom. The van der Waals surface area contributed by atoms with E-state index >= 15 is 0 Å². The normalized spacial score (nSPS) is 15.2. The van der Waals surface area contributed by atoms with Gasteiger partial charge < -0.3 is 9.84 Å². The Balaban J connectivity index is 2.35. The molecule has 1 aliphatic rings. The lowest BCUT2D eigenvalue weighted by atomic mass is 10.2. The number of nitrogens with zero attached hydrogens (tertiary/aromatic N) is 1. The van der Waals surface area contributed by atoms with Gasteiger partial charge in [-0.05, 0) is 34.8 Å². The summed E-state index contributed by atoms with van der Waals surface area (Å²) in [7, 11) is 0. The summed E-state index contributed by atoms with van der Waals surface area (Å²) in [5.74, 6) is -0.637. The number of aromatic carboxylic acids is 1. The van der Waals surface area contributed by atoms with Crippen LogP contribution in [-0.4, -0.2) is 22.2 Å². The van der Waals surface area contributed by atoms with Crippen LogP contribution in [0.1, 0.15) is 23.2 Å². The fourth-order valence-electron chi connectivity index (χ4n) is 1.08. The van der Waals surface area contributed by atoms with Gasteiger partial charge in [0.15, 0.2) is 0 Å². The Morgan fingerprint density at radius 3 is 2.93 bits per heavy atom. The number of aromatic nitrogens is 1. The molecule has 0 spiro atoms. The minimum absolute atomic E-state index is 0.0967. The van der Waals surface area contributed by atoms with Crippen LogP contribution < -0.4 is 4.74 Å². The first-order valence-corrected chi connectivity index (χ1v) is 5.02. The molecule has 1 heterocycles. The van der Waals surface area contributed by atoms with Crippen molar-refractivity contribution in [1.29, 1.82) is 0 Å². The molecular formula is C9H8BrNO3. The fraction of sp³-hybridized carbons (Fsp3) is 0.333. The molecule has 5 heteroatoms. The molecule has 1 aliphatic carbocycles. The second-order valence-electron chi connectivity index (χ2n) is 3.10. The molecule has 1 N–H and O–H groups in total. The summed E-state index contributed by atoms with van der Waals surface area (Å²) in [6.45, 7) is 0. The van der Waals surface area contributed by atoms with E-state index in [1.54, 1.807) is 6.07 Å². The van der Waals surface area contributed by atoms with Crippen LogP contribution in [0.5, 0.6) is 5.75 Å². The van der Waals surface area contributed by atoms with E-state index in [0.717, 1.165) is 12.8 Å². The van der Waals surface area contributed by atoms with Crippen LogP contribution in [0.25, 0.3) is 0 Å². The van der Waals surface area contributed by atoms with Crippen LogP contribution in [-0.2, 0) is 0 Å². The van der Waals surface area contributed by atoms with Crippen molar-refractivity contribution in [2.45, 2.75) is 18.9 Å². The maximum Gasteiger partial charge on any atom is 0.342 e. The third-order valence-corrected chi connectivity index (χ3v) is 2.50. The highest BCUT2D eigenvalue weighted by molar-refractivity contribution is 9.10. The topological polar surface area (TPSA) is 59.4 Å². The number of hydrogen-bond donors (Lipinski definition) is 1. The lowest BCUT2D eigenvalue weighted by Crippen LogP contribution is -2.06. The van der Waals surface area contributed by atoms with Gasteiger partial charge in [-0.15, -0.1) is 0 Å². The van der Waals surface area contributed by atoms with E-state index in [2.05, 4.69) is 20.9 Å². The van der Waals surface area contributed by atoms with E-state index in [0.29, 0.717) is 10.4 Å². The van der Waals surface area contributed by atoms with Crippen molar-refractivity contribution in [3.63, 3.8) is 0 Å². The lowest BCUT2D eigenvalue weighted by Gasteiger charge is -2.08. The van der Waals surface area contributed by atoms with Crippen molar-refractivity contribution in [2.24, 2.45) is 0 Å². The molecule has 0 aromatic carbocycles. The Bertz CT molecular complexity index is 376. The largest absolute Gasteiger partial charge is 0.489 e. The van der Waals surface area contributed by atoms with E-state index in [4.69, 9.17) is 9.84 Å². The van der Waals surface area contributed by atoms with E-state index < -0.39 is 5.97 Å². The van der Waals surface area contributed by atoms with Crippen LogP contribution in [0, 0.1) is 0 Å². The maximum atomic E-state index is 10.9.